The van der Waals surface area contributed by atoms with Crippen molar-refractivity contribution in [3.8, 4) is 0 Å². The van der Waals surface area contributed by atoms with E-state index in [9.17, 15) is 0 Å². The van der Waals surface area contributed by atoms with E-state index in [0.717, 1.165) is 17.0 Å². The molecule has 0 spiro atoms. The zero-order chi connectivity index (χ0) is 14.9. The standard InChI is InChI=1S/C17H24BrN3/c1-17(14-10-6-7-11-15(14)18)12-20-16(19)21(17)13-8-4-2-3-5-9-13/h6-7,10-11,13H,2-5,8-9,12H2,1H3,(H2,19,20). The van der Waals surface area contributed by atoms with Gasteiger partial charge in [0.2, 0.25) is 0 Å². The van der Waals surface area contributed by atoms with Gasteiger partial charge < -0.3 is 10.6 Å². The summed E-state index contributed by atoms with van der Waals surface area (Å²) in [5.74, 6) is 0.722. The predicted molar refractivity (Wildman–Crippen MR) is 91.3 cm³/mol. The summed E-state index contributed by atoms with van der Waals surface area (Å²) in [6.45, 7) is 3.03. The summed E-state index contributed by atoms with van der Waals surface area (Å²) in [5.41, 5.74) is 7.45. The summed E-state index contributed by atoms with van der Waals surface area (Å²) in [5, 5.41) is 0. The second kappa shape index (κ2) is 5.99. The van der Waals surface area contributed by atoms with Crippen LogP contribution >= 0.6 is 15.9 Å². The van der Waals surface area contributed by atoms with E-state index in [0.29, 0.717) is 6.04 Å². The molecule has 0 saturated heterocycles. The number of nitrogens with zero attached hydrogens (tertiary/aromatic N) is 2. The van der Waals surface area contributed by atoms with Gasteiger partial charge in [-0.3, -0.25) is 4.99 Å². The Morgan fingerprint density at radius 3 is 2.52 bits per heavy atom. The van der Waals surface area contributed by atoms with E-state index in [1.807, 2.05) is 0 Å². The fraction of sp³-hybridized carbons (Fsp3) is 0.588. The number of rotatable bonds is 2. The van der Waals surface area contributed by atoms with Gasteiger partial charge in [-0.1, -0.05) is 59.8 Å². The third-order valence-corrected chi connectivity index (χ3v) is 5.66. The Balaban J connectivity index is 1.95. The zero-order valence-electron chi connectivity index (χ0n) is 12.7. The van der Waals surface area contributed by atoms with Crippen LogP contribution in [0.25, 0.3) is 0 Å². The Labute approximate surface area is 135 Å². The van der Waals surface area contributed by atoms with Gasteiger partial charge in [0.1, 0.15) is 0 Å². The molecule has 1 saturated carbocycles. The van der Waals surface area contributed by atoms with Crippen LogP contribution < -0.4 is 5.73 Å². The van der Waals surface area contributed by atoms with Crippen molar-refractivity contribution in [1.82, 2.24) is 4.90 Å². The van der Waals surface area contributed by atoms with Crippen molar-refractivity contribution in [2.24, 2.45) is 10.7 Å². The first-order valence-electron chi connectivity index (χ1n) is 7.97. The molecule has 3 nitrogen and oxygen atoms in total. The van der Waals surface area contributed by atoms with Crippen LogP contribution in [0.5, 0.6) is 0 Å². The summed E-state index contributed by atoms with van der Waals surface area (Å²) >= 11 is 3.71. The van der Waals surface area contributed by atoms with Gasteiger partial charge in [0, 0.05) is 10.5 Å². The molecule has 1 unspecified atom stereocenters. The average Bonchev–Trinajstić information content (AvgIpc) is 2.68. The van der Waals surface area contributed by atoms with Gasteiger partial charge in [-0.05, 0) is 31.4 Å². The van der Waals surface area contributed by atoms with Crippen molar-refractivity contribution in [2.75, 3.05) is 6.54 Å². The first-order chi connectivity index (χ1) is 10.1. The minimum atomic E-state index is -0.126. The van der Waals surface area contributed by atoms with Gasteiger partial charge in [0.15, 0.2) is 5.96 Å². The third-order valence-electron chi connectivity index (χ3n) is 4.97. The van der Waals surface area contributed by atoms with Crippen LogP contribution in [-0.4, -0.2) is 23.4 Å². The number of hydrogen-bond donors (Lipinski definition) is 1. The zero-order valence-corrected chi connectivity index (χ0v) is 14.3. The van der Waals surface area contributed by atoms with E-state index < -0.39 is 0 Å². The molecule has 0 aromatic heterocycles. The van der Waals surface area contributed by atoms with E-state index in [2.05, 4.69) is 57.0 Å². The molecule has 1 heterocycles. The van der Waals surface area contributed by atoms with E-state index in [1.54, 1.807) is 0 Å². The molecule has 2 aliphatic rings. The van der Waals surface area contributed by atoms with Crippen LogP contribution in [0.15, 0.2) is 33.7 Å². The number of hydrogen-bond acceptors (Lipinski definition) is 3. The smallest absolute Gasteiger partial charge is 0.192 e. The van der Waals surface area contributed by atoms with E-state index >= 15 is 0 Å². The quantitative estimate of drug-likeness (QED) is 0.819. The molecule has 0 radical (unpaired) electrons. The molecular weight excluding hydrogens is 326 g/mol. The molecule has 1 aromatic rings. The van der Waals surface area contributed by atoms with Gasteiger partial charge >= 0.3 is 0 Å². The molecule has 4 heteroatoms. The lowest BCUT2D eigenvalue weighted by Gasteiger charge is -2.42. The largest absolute Gasteiger partial charge is 0.370 e. The number of benzene rings is 1. The summed E-state index contributed by atoms with van der Waals surface area (Å²) in [6.07, 6.45) is 7.79. The van der Waals surface area contributed by atoms with E-state index in [-0.39, 0.29) is 5.54 Å². The average molecular weight is 350 g/mol. The fourth-order valence-electron chi connectivity index (χ4n) is 3.86. The lowest BCUT2D eigenvalue weighted by atomic mass is 9.88. The molecule has 1 fully saturated rings. The lowest BCUT2D eigenvalue weighted by Crippen LogP contribution is -2.52. The highest BCUT2D eigenvalue weighted by Gasteiger charge is 2.43. The highest BCUT2D eigenvalue weighted by molar-refractivity contribution is 9.10. The van der Waals surface area contributed by atoms with Crippen molar-refractivity contribution in [3.63, 3.8) is 0 Å². The van der Waals surface area contributed by atoms with Crippen LogP contribution in [0, 0.1) is 0 Å². The van der Waals surface area contributed by atoms with Crippen molar-refractivity contribution in [2.45, 2.75) is 57.0 Å². The van der Waals surface area contributed by atoms with Crippen molar-refractivity contribution in [1.29, 1.82) is 0 Å². The molecule has 2 N–H and O–H groups in total. The van der Waals surface area contributed by atoms with E-state index in [1.165, 1.54) is 44.1 Å². The van der Waals surface area contributed by atoms with Crippen LogP contribution in [-0.2, 0) is 5.54 Å². The van der Waals surface area contributed by atoms with Gasteiger partial charge in [-0.2, -0.15) is 0 Å². The normalized spacial score (nSPS) is 27.5. The Hall–Kier alpha value is -1.03. The third kappa shape index (κ3) is 2.70. The molecule has 1 aromatic carbocycles. The predicted octanol–water partition coefficient (Wildman–Crippen LogP) is 4.02. The topological polar surface area (TPSA) is 41.6 Å². The van der Waals surface area contributed by atoms with Gasteiger partial charge in [0.25, 0.3) is 0 Å². The number of nitrogens with two attached hydrogens (primary N) is 1. The Morgan fingerprint density at radius 1 is 1.19 bits per heavy atom. The van der Waals surface area contributed by atoms with Crippen LogP contribution in [0.2, 0.25) is 0 Å². The summed E-state index contributed by atoms with van der Waals surface area (Å²) in [4.78, 5) is 6.99. The van der Waals surface area contributed by atoms with E-state index in [4.69, 9.17) is 5.73 Å². The monoisotopic (exact) mass is 349 g/mol. The molecule has 114 valence electrons. The summed E-state index contributed by atoms with van der Waals surface area (Å²) in [7, 11) is 0. The van der Waals surface area contributed by atoms with Gasteiger partial charge in [-0.25, -0.2) is 0 Å². The Bertz CT molecular complexity index is 535. The highest BCUT2D eigenvalue weighted by atomic mass is 79.9. The SMILES string of the molecule is CC1(c2ccccc2Br)CN=C(N)N1C1CCCCCC1. The molecule has 1 aliphatic heterocycles. The molecular formula is C17H24BrN3. The summed E-state index contributed by atoms with van der Waals surface area (Å²) < 4.78 is 1.15. The van der Waals surface area contributed by atoms with Crippen LogP contribution in [0.3, 0.4) is 0 Å². The molecule has 1 atom stereocenters. The molecule has 0 amide bonds. The maximum Gasteiger partial charge on any atom is 0.192 e. The first-order valence-corrected chi connectivity index (χ1v) is 8.76. The van der Waals surface area contributed by atoms with Crippen LogP contribution in [0.4, 0.5) is 0 Å². The lowest BCUT2D eigenvalue weighted by molar-refractivity contribution is 0.151. The second-order valence-electron chi connectivity index (χ2n) is 6.44. The maximum absolute atomic E-state index is 6.28. The fourth-order valence-corrected chi connectivity index (χ4v) is 4.57. The van der Waals surface area contributed by atoms with Crippen molar-refractivity contribution in [3.05, 3.63) is 34.3 Å². The number of guanidine groups is 1. The number of halogens is 1. The van der Waals surface area contributed by atoms with Gasteiger partial charge in [-0.15, -0.1) is 0 Å². The molecule has 3 rings (SSSR count). The summed E-state index contributed by atoms with van der Waals surface area (Å²) in [6, 6.07) is 9.00. The molecule has 21 heavy (non-hydrogen) atoms. The molecule has 0 bridgehead atoms. The Morgan fingerprint density at radius 2 is 1.86 bits per heavy atom. The Kier molecular flexibility index (Phi) is 4.25. The highest BCUT2D eigenvalue weighted by Crippen LogP contribution is 2.40. The minimum absolute atomic E-state index is 0.126. The number of aliphatic imine (C=N–C) groups is 1. The minimum Gasteiger partial charge on any atom is -0.370 e. The first kappa shape index (κ1) is 14.9. The van der Waals surface area contributed by atoms with Crippen molar-refractivity contribution < 1.29 is 0 Å². The maximum atomic E-state index is 6.28. The molecule has 1 aliphatic carbocycles. The van der Waals surface area contributed by atoms with Gasteiger partial charge in [0.05, 0.1) is 12.1 Å². The van der Waals surface area contributed by atoms with Crippen molar-refractivity contribution >= 4 is 21.9 Å². The second-order valence-corrected chi connectivity index (χ2v) is 7.30. The van der Waals surface area contributed by atoms with Crippen LogP contribution in [0.1, 0.15) is 51.0 Å².